The van der Waals surface area contributed by atoms with Crippen LogP contribution in [0.4, 0.5) is 0 Å². The Kier molecular flexibility index (Phi) is 4.64. The predicted molar refractivity (Wildman–Crippen MR) is 85.6 cm³/mol. The number of aryl methyl sites for hydroxylation is 1. The molecule has 0 spiro atoms. The average molecular weight is 328 g/mol. The highest BCUT2D eigenvalue weighted by atomic mass is 35.7. The molecular formula is C15H18ClNO3S. The lowest BCUT2D eigenvalue weighted by molar-refractivity contribution is 0.245. The van der Waals surface area contributed by atoms with Gasteiger partial charge in [0.2, 0.25) is 0 Å². The van der Waals surface area contributed by atoms with E-state index in [0.29, 0.717) is 17.7 Å². The fourth-order valence-corrected chi connectivity index (χ4v) is 3.29. The van der Waals surface area contributed by atoms with Crippen LogP contribution < -0.4 is 4.74 Å². The maximum atomic E-state index is 11.8. The van der Waals surface area contributed by atoms with Crippen molar-refractivity contribution in [2.24, 2.45) is 0 Å². The van der Waals surface area contributed by atoms with E-state index < -0.39 is 9.05 Å². The summed E-state index contributed by atoms with van der Waals surface area (Å²) in [5.74, 6) is 0.527. The number of ether oxygens (including phenoxy) is 1. The van der Waals surface area contributed by atoms with Gasteiger partial charge in [0.15, 0.2) is 0 Å². The smallest absolute Gasteiger partial charge is 0.263 e. The molecule has 0 amide bonds. The molecular weight excluding hydrogens is 310 g/mol. The van der Waals surface area contributed by atoms with Gasteiger partial charge in [0.05, 0.1) is 17.0 Å². The standard InChI is InChI=1S/C15H18ClNO3S/c1-4-5-9-17-10-14(21(16,18)19)15-12(17)7-6-8-13(15)20-11(2)3/h4,6-8,10-11H,1,5,9H2,2-3H3. The number of nitrogens with zero attached hydrogens (tertiary/aromatic N) is 1. The normalized spacial score (nSPS) is 12.0. The zero-order valence-corrected chi connectivity index (χ0v) is 13.6. The summed E-state index contributed by atoms with van der Waals surface area (Å²) in [6.45, 7) is 8.10. The summed E-state index contributed by atoms with van der Waals surface area (Å²) in [5, 5.41) is 0.533. The molecule has 1 aromatic carbocycles. The van der Waals surface area contributed by atoms with E-state index in [1.807, 2.05) is 30.5 Å². The monoisotopic (exact) mass is 327 g/mol. The Balaban J connectivity index is 2.72. The lowest BCUT2D eigenvalue weighted by Crippen LogP contribution is -2.06. The van der Waals surface area contributed by atoms with Crippen molar-refractivity contribution in [3.05, 3.63) is 37.1 Å². The Morgan fingerprint density at radius 1 is 1.43 bits per heavy atom. The number of rotatable bonds is 6. The second-order valence-corrected chi connectivity index (χ2v) is 7.55. The van der Waals surface area contributed by atoms with Crippen LogP contribution >= 0.6 is 10.7 Å². The topological polar surface area (TPSA) is 48.3 Å². The van der Waals surface area contributed by atoms with Gasteiger partial charge in [-0.25, -0.2) is 8.42 Å². The number of benzene rings is 1. The van der Waals surface area contributed by atoms with E-state index in [1.165, 1.54) is 0 Å². The Bertz CT molecular complexity index is 763. The summed E-state index contributed by atoms with van der Waals surface area (Å²) < 4.78 is 31.3. The third-order valence-electron chi connectivity index (χ3n) is 3.03. The summed E-state index contributed by atoms with van der Waals surface area (Å²) in [6, 6.07) is 5.46. The molecule has 0 fully saturated rings. The number of aromatic nitrogens is 1. The first-order valence-corrected chi connectivity index (χ1v) is 8.99. The quantitative estimate of drug-likeness (QED) is 0.596. The Labute approximate surface area is 129 Å². The third kappa shape index (κ3) is 3.41. The molecule has 0 aliphatic carbocycles. The molecule has 0 bridgehead atoms. The average Bonchev–Trinajstić information content (AvgIpc) is 2.75. The van der Waals surface area contributed by atoms with Gasteiger partial charge in [-0.05, 0) is 32.4 Å². The lowest BCUT2D eigenvalue weighted by Gasteiger charge is -2.12. The van der Waals surface area contributed by atoms with Gasteiger partial charge in [0.1, 0.15) is 10.6 Å². The summed E-state index contributed by atoms with van der Waals surface area (Å²) in [7, 11) is 1.73. The van der Waals surface area contributed by atoms with E-state index in [2.05, 4.69) is 6.58 Å². The van der Waals surface area contributed by atoms with Gasteiger partial charge in [-0.15, -0.1) is 6.58 Å². The molecule has 2 aromatic rings. The molecule has 0 N–H and O–H groups in total. The maximum Gasteiger partial charge on any atom is 0.263 e. The molecule has 21 heavy (non-hydrogen) atoms. The van der Waals surface area contributed by atoms with E-state index in [1.54, 1.807) is 18.3 Å². The Hall–Kier alpha value is -1.46. The van der Waals surface area contributed by atoms with E-state index in [-0.39, 0.29) is 11.0 Å². The van der Waals surface area contributed by atoms with Crippen molar-refractivity contribution < 1.29 is 13.2 Å². The second-order valence-electron chi connectivity index (χ2n) is 5.02. The molecule has 0 aliphatic heterocycles. The van der Waals surface area contributed by atoms with Crippen LogP contribution in [0.25, 0.3) is 10.9 Å². The van der Waals surface area contributed by atoms with Crippen LogP contribution in [-0.2, 0) is 15.6 Å². The van der Waals surface area contributed by atoms with E-state index in [9.17, 15) is 8.42 Å². The number of fused-ring (bicyclic) bond motifs is 1. The van der Waals surface area contributed by atoms with Gasteiger partial charge in [0.25, 0.3) is 9.05 Å². The van der Waals surface area contributed by atoms with Crippen LogP contribution in [0.3, 0.4) is 0 Å². The minimum Gasteiger partial charge on any atom is -0.490 e. The van der Waals surface area contributed by atoms with Crippen molar-refractivity contribution in [1.29, 1.82) is 0 Å². The summed E-state index contributed by atoms with van der Waals surface area (Å²) in [4.78, 5) is 0.0829. The number of allylic oxidation sites excluding steroid dienone is 1. The zero-order valence-electron chi connectivity index (χ0n) is 12.0. The van der Waals surface area contributed by atoms with E-state index in [4.69, 9.17) is 15.4 Å². The highest BCUT2D eigenvalue weighted by Gasteiger charge is 2.22. The minimum atomic E-state index is -3.85. The molecule has 1 heterocycles. The van der Waals surface area contributed by atoms with Crippen molar-refractivity contribution >= 4 is 30.6 Å². The number of hydrogen-bond acceptors (Lipinski definition) is 3. The molecule has 0 aliphatic rings. The number of hydrogen-bond donors (Lipinski definition) is 0. The molecule has 1 aromatic heterocycles. The van der Waals surface area contributed by atoms with Gasteiger partial charge in [-0.1, -0.05) is 12.1 Å². The minimum absolute atomic E-state index is 0.0574. The van der Waals surface area contributed by atoms with Crippen LogP contribution in [0.5, 0.6) is 5.75 Å². The molecule has 2 rings (SSSR count). The molecule has 0 atom stereocenters. The molecule has 114 valence electrons. The number of halogens is 1. The van der Waals surface area contributed by atoms with Crippen molar-refractivity contribution in [2.75, 3.05) is 0 Å². The molecule has 4 nitrogen and oxygen atoms in total. The first kappa shape index (κ1) is 15.9. The first-order chi connectivity index (χ1) is 9.84. The third-order valence-corrected chi connectivity index (χ3v) is 4.37. The van der Waals surface area contributed by atoms with Crippen LogP contribution in [0.2, 0.25) is 0 Å². The van der Waals surface area contributed by atoms with Crippen molar-refractivity contribution in [1.82, 2.24) is 4.57 Å². The summed E-state index contributed by atoms with van der Waals surface area (Å²) in [6.07, 6.45) is 4.03. The summed E-state index contributed by atoms with van der Waals surface area (Å²) in [5.41, 5.74) is 0.786. The molecule has 0 saturated heterocycles. The van der Waals surface area contributed by atoms with Gasteiger partial charge in [0, 0.05) is 23.4 Å². The fourth-order valence-electron chi connectivity index (χ4n) is 2.23. The SMILES string of the molecule is C=CCCn1cc(S(=O)(=O)Cl)c2c(OC(C)C)cccc21. The largest absolute Gasteiger partial charge is 0.490 e. The molecule has 6 heteroatoms. The maximum absolute atomic E-state index is 11.8. The van der Waals surface area contributed by atoms with Crippen molar-refractivity contribution in [3.8, 4) is 5.75 Å². The highest BCUT2D eigenvalue weighted by molar-refractivity contribution is 8.14. The van der Waals surface area contributed by atoms with E-state index in [0.717, 1.165) is 11.9 Å². The van der Waals surface area contributed by atoms with Gasteiger partial charge in [-0.2, -0.15) is 0 Å². The first-order valence-electron chi connectivity index (χ1n) is 6.68. The van der Waals surface area contributed by atoms with Crippen LogP contribution in [-0.4, -0.2) is 19.1 Å². The highest BCUT2D eigenvalue weighted by Crippen LogP contribution is 2.35. The zero-order chi connectivity index (χ0) is 15.6. The molecule has 0 saturated carbocycles. The van der Waals surface area contributed by atoms with Crippen molar-refractivity contribution in [3.63, 3.8) is 0 Å². The lowest BCUT2D eigenvalue weighted by atomic mass is 10.2. The molecule has 0 unspecified atom stereocenters. The van der Waals surface area contributed by atoms with Gasteiger partial charge in [-0.3, -0.25) is 0 Å². The van der Waals surface area contributed by atoms with Crippen LogP contribution in [0.1, 0.15) is 20.3 Å². The second kappa shape index (κ2) is 6.12. The molecule has 0 radical (unpaired) electrons. The Morgan fingerprint density at radius 2 is 2.14 bits per heavy atom. The van der Waals surface area contributed by atoms with Gasteiger partial charge >= 0.3 is 0 Å². The van der Waals surface area contributed by atoms with Crippen LogP contribution in [0.15, 0.2) is 41.9 Å². The summed E-state index contributed by atoms with van der Waals surface area (Å²) >= 11 is 0. The van der Waals surface area contributed by atoms with E-state index >= 15 is 0 Å². The fraction of sp³-hybridized carbons (Fsp3) is 0.333. The van der Waals surface area contributed by atoms with Gasteiger partial charge < -0.3 is 9.30 Å². The predicted octanol–water partition coefficient (Wildman–Crippen LogP) is 3.93. The Morgan fingerprint density at radius 3 is 2.71 bits per heavy atom. The van der Waals surface area contributed by atoms with Crippen molar-refractivity contribution in [2.45, 2.75) is 37.8 Å². The van der Waals surface area contributed by atoms with Crippen LogP contribution in [0, 0.1) is 0 Å².